The van der Waals surface area contributed by atoms with Crippen molar-refractivity contribution in [3.63, 3.8) is 0 Å². The van der Waals surface area contributed by atoms with Crippen LogP contribution >= 0.6 is 0 Å². The van der Waals surface area contributed by atoms with Crippen LogP contribution in [0.15, 0.2) is 0 Å². The Kier molecular flexibility index (Phi) is 4.11. The van der Waals surface area contributed by atoms with Crippen molar-refractivity contribution in [1.29, 1.82) is 0 Å². The fourth-order valence-corrected chi connectivity index (χ4v) is 2.91. The first-order chi connectivity index (χ1) is 5.79. The van der Waals surface area contributed by atoms with Gasteiger partial charge in [-0.3, -0.25) is 0 Å². The summed E-state index contributed by atoms with van der Waals surface area (Å²) in [6.07, 6.45) is 8.75. The predicted molar refractivity (Wildman–Crippen MR) is 55.2 cm³/mol. The van der Waals surface area contributed by atoms with Crippen molar-refractivity contribution in [2.75, 3.05) is 0 Å². The highest BCUT2D eigenvalue weighted by Gasteiger charge is 2.27. The lowest BCUT2D eigenvalue weighted by Gasteiger charge is -2.35. The number of rotatable bonds is 3. The Morgan fingerprint density at radius 1 is 1.08 bits per heavy atom. The Balaban J connectivity index is 2.41. The average molecular weight is 168 g/mol. The topological polar surface area (TPSA) is 0 Å². The minimum absolute atomic E-state index is 1.00. The Bertz CT molecular complexity index is 115. The van der Waals surface area contributed by atoms with E-state index < -0.39 is 0 Å². The van der Waals surface area contributed by atoms with Crippen molar-refractivity contribution in [2.45, 2.75) is 59.3 Å². The van der Waals surface area contributed by atoms with E-state index in [1.54, 1.807) is 0 Å². The van der Waals surface area contributed by atoms with Crippen molar-refractivity contribution in [2.24, 2.45) is 17.8 Å². The second-order valence-electron chi connectivity index (χ2n) is 4.51. The number of hydrogen-bond acceptors (Lipinski definition) is 0. The first-order valence-electron chi connectivity index (χ1n) is 5.79. The molecule has 0 radical (unpaired) electrons. The van der Waals surface area contributed by atoms with E-state index in [4.69, 9.17) is 0 Å². The predicted octanol–water partition coefficient (Wildman–Crippen LogP) is 4.25. The highest BCUT2D eigenvalue weighted by Crippen LogP contribution is 2.38. The maximum absolute atomic E-state index is 2.48. The van der Waals surface area contributed by atoms with Gasteiger partial charge in [0.25, 0.3) is 0 Å². The summed E-state index contributed by atoms with van der Waals surface area (Å²) in [6.45, 7) is 7.16. The molecule has 1 fully saturated rings. The van der Waals surface area contributed by atoms with E-state index in [0.29, 0.717) is 0 Å². The summed E-state index contributed by atoms with van der Waals surface area (Å²) in [5.41, 5.74) is 0. The fourth-order valence-electron chi connectivity index (χ4n) is 2.91. The molecule has 0 heterocycles. The molecule has 0 aromatic heterocycles. The Hall–Kier alpha value is 0. The Labute approximate surface area is 77.7 Å². The summed E-state index contributed by atoms with van der Waals surface area (Å²) in [6, 6.07) is 0. The van der Waals surface area contributed by atoms with E-state index in [1.165, 1.54) is 38.5 Å². The minimum atomic E-state index is 1.00. The fraction of sp³-hybridized carbons (Fsp3) is 1.00. The van der Waals surface area contributed by atoms with Gasteiger partial charge in [0.15, 0.2) is 0 Å². The first-order valence-corrected chi connectivity index (χ1v) is 5.79. The van der Waals surface area contributed by atoms with Crippen LogP contribution in [0.25, 0.3) is 0 Å². The zero-order chi connectivity index (χ0) is 8.97. The van der Waals surface area contributed by atoms with Crippen LogP contribution in [0, 0.1) is 17.8 Å². The van der Waals surface area contributed by atoms with Gasteiger partial charge in [-0.15, -0.1) is 0 Å². The van der Waals surface area contributed by atoms with Gasteiger partial charge in [0.05, 0.1) is 0 Å². The molecule has 1 rings (SSSR count). The molecule has 1 saturated carbocycles. The average Bonchev–Trinajstić information content (AvgIpc) is 2.09. The van der Waals surface area contributed by atoms with Gasteiger partial charge in [-0.2, -0.15) is 0 Å². The van der Waals surface area contributed by atoms with Crippen LogP contribution < -0.4 is 0 Å². The molecule has 3 atom stereocenters. The van der Waals surface area contributed by atoms with E-state index in [-0.39, 0.29) is 0 Å². The molecule has 72 valence electrons. The second-order valence-corrected chi connectivity index (χ2v) is 4.51. The molecule has 0 saturated heterocycles. The minimum Gasteiger partial charge on any atom is -0.0654 e. The third-order valence-corrected chi connectivity index (χ3v) is 3.82. The molecular weight excluding hydrogens is 144 g/mol. The van der Waals surface area contributed by atoms with Gasteiger partial charge in [-0.1, -0.05) is 59.3 Å². The van der Waals surface area contributed by atoms with Crippen LogP contribution in [0.5, 0.6) is 0 Å². The maximum atomic E-state index is 2.48. The quantitative estimate of drug-likeness (QED) is 0.591. The molecular formula is C12H24. The van der Waals surface area contributed by atoms with E-state index in [9.17, 15) is 0 Å². The third kappa shape index (κ3) is 2.24. The molecule has 0 aromatic rings. The van der Waals surface area contributed by atoms with Crippen molar-refractivity contribution in [3.05, 3.63) is 0 Å². The van der Waals surface area contributed by atoms with Gasteiger partial charge < -0.3 is 0 Å². The standard InChI is InChI=1S/C12H24/c1-4-7-12-9-6-8-11(5-2)10(12)3/h10-12H,4-9H2,1-3H3/t10?,11-,12+/m1/s1. The molecule has 0 amide bonds. The monoisotopic (exact) mass is 168 g/mol. The van der Waals surface area contributed by atoms with Gasteiger partial charge >= 0.3 is 0 Å². The van der Waals surface area contributed by atoms with Crippen molar-refractivity contribution < 1.29 is 0 Å². The summed E-state index contributed by atoms with van der Waals surface area (Å²) in [4.78, 5) is 0. The summed E-state index contributed by atoms with van der Waals surface area (Å²) >= 11 is 0. The van der Waals surface area contributed by atoms with E-state index >= 15 is 0 Å². The van der Waals surface area contributed by atoms with Crippen molar-refractivity contribution in [3.8, 4) is 0 Å². The van der Waals surface area contributed by atoms with Gasteiger partial charge in [-0.25, -0.2) is 0 Å². The highest BCUT2D eigenvalue weighted by molar-refractivity contribution is 4.78. The number of hydrogen-bond donors (Lipinski definition) is 0. The molecule has 0 aromatic carbocycles. The van der Waals surface area contributed by atoms with Crippen LogP contribution in [-0.2, 0) is 0 Å². The second kappa shape index (κ2) is 4.89. The van der Waals surface area contributed by atoms with E-state index in [0.717, 1.165) is 17.8 Å². The van der Waals surface area contributed by atoms with Crippen LogP contribution in [0.1, 0.15) is 59.3 Å². The molecule has 12 heavy (non-hydrogen) atoms. The normalized spacial score (nSPS) is 36.8. The molecule has 0 nitrogen and oxygen atoms in total. The van der Waals surface area contributed by atoms with Crippen LogP contribution in [0.3, 0.4) is 0 Å². The Morgan fingerprint density at radius 3 is 2.33 bits per heavy atom. The van der Waals surface area contributed by atoms with Crippen molar-refractivity contribution >= 4 is 0 Å². The molecule has 0 spiro atoms. The molecule has 0 N–H and O–H groups in total. The largest absolute Gasteiger partial charge is 0.0654 e. The molecule has 1 aliphatic rings. The van der Waals surface area contributed by atoms with E-state index in [1.807, 2.05) is 0 Å². The zero-order valence-electron chi connectivity index (χ0n) is 8.97. The lowest BCUT2D eigenvalue weighted by molar-refractivity contribution is 0.155. The summed E-state index contributed by atoms with van der Waals surface area (Å²) < 4.78 is 0. The van der Waals surface area contributed by atoms with Crippen molar-refractivity contribution in [1.82, 2.24) is 0 Å². The van der Waals surface area contributed by atoms with Gasteiger partial charge in [0, 0.05) is 0 Å². The zero-order valence-corrected chi connectivity index (χ0v) is 8.97. The SMILES string of the molecule is CCC[C@H]1CCC[C@@H](CC)C1C. The van der Waals surface area contributed by atoms with Gasteiger partial charge in [-0.05, 0) is 17.8 Å². The summed E-state index contributed by atoms with van der Waals surface area (Å²) in [5, 5.41) is 0. The first kappa shape index (κ1) is 10.1. The molecule has 0 aliphatic heterocycles. The van der Waals surface area contributed by atoms with Crippen LogP contribution in [-0.4, -0.2) is 0 Å². The summed E-state index contributed by atoms with van der Waals surface area (Å²) in [5.74, 6) is 3.09. The van der Waals surface area contributed by atoms with Crippen LogP contribution in [0.4, 0.5) is 0 Å². The smallest absolute Gasteiger partial charge is 0.0386 e. The molecule has 0 bridgehead atoms. The summed E-state index contributed by atoms with van der Waals surface area (Å²) in [7, 11) is 0. The van der Waals surface area contributed by atoms with E-state index in [2.05, 4.69) is 20.8 Å². The van der Waals surface area contributed by atoms with Gasteiger partial charge in [0.2, 0.25) is 0 Å². The lowest BCUT2D eigenvalue weighted by Crippen LogP contribution is -2.25. The third-order valence-electron chi connectivity index (χ3n) is 3.82. The van der Waals surface area contributed by atoms with Crippen LogP contribution in [0.2, 0.25) is 0 Å². The lowest BCUT2D eigenvalue weighted by atomic mass is 9.70. The Morgan fingerprint density at radius 2 is 1.75 bits per heavy atom. The maximum Gasteiger partial charge on any atom is -0.0386 e. The highest BCUT2D eigenvalue weighted by atomic mass is 14.3. The molecule has 1 unspecified atom stereocenters. The van der Waals surface area contributed by atoms with Gasteiger partial charge in [0.1, 0.15) is 0 Å². The molecule has 0 heteroatoms. The molecule has 1 aliphatic carbocycles.